The van der Waals surface area contributed by atoms with E-state index in [-0.39, 0.29) is 11.8 Å². The highest BCUT2D eigenvalue weighted by Crippen LogP contribution is 2.26. The third-order valence-electron chi connectivity index (χ3n) is 4.36. The Kier molecular flexibility index (Phi) is 4.41. The van der Waals surface area contributed by atoms with Crippen LogP contribution in [-0.4, -0.2) is 43.4 Å². The fourth-order valence-electron chi connectivity index (χ4n) is 3.12. The molecule has 1 atom stereocenters. The minimum Gasteiger partial charge on any atom is -0.342 e. The molecule has 1 aliphatic rings. The molecule has 23 heavy (non-hydrogen) atoms. The molecule has 6 heteroatoms. The molecule has 6 nitrogen and oxygen atoms in total. The maximum Gasteiger partial charge on any atom is 0.219 e. The minimum atomic E-state index is 0.135. The zero-order chi connectivity index (χ0) is 16.4. The van der Waals surface area contributed by atoms with Crippen LogP contribution in [0.3, 0.4) is 0 Å². The van der Waals surface area contributed by atoms with E-state index in [1.165, 1.54) is 0 Å². The lowest BCUT2D eigenvalue weighted by Crippen LogP contribution is -2.37. The first kappa shape index (κ1) is 15.6. The monoisotopic (exact) mass is 313 g/mol. The molecule has 2 aromatic heterocycles. The number of aromatic nitrogens is 4. The average molecular weight is 313 g/mol. The molecule has 0 saturated carbocycles. The molecule has 3 rings (SSSR count). The molecule has 1 saturated heterocycles. The summed E-state index contributed by atoms with van der Waals surface area (Å²) in [5.74, 6) is 2.48. The van der Waals surface area contributed by atoms with E-state index in [4.69, 9.17) is 4.98 Å². The highest BCUT2D eigenvalue weighted by atomic mass is 16.2. The Labute approximate surface area is 136 Å². The van der Waals surface area contributed by atoms with Crippen molar-refractivity contribution in [3.63, 3.8) is 0 Å². The molecule has 1 aliphatic heterocycles. The average Bonchev–Trinajstić information content (AvgIpc) is 3.05. The van der Waals surface area contributed by atoms with Crippen LogP contribution in [0.25, 0.3) is 5.82 Å². The maximum atomic E-state index is 11.6. The van der Waals surface area contributed by atoms with Crippen molar-refractivity contribution in [1.82, 2.24) is 24.4 Å². The van der Waals surface area contributed by atoms with Gasteiger partial charge in [0.1, 0.15) is 5.82 Å². The van der Waals surface area contributed by atoms with Crippen molar-refractivity contribution < 1.29 is 4.79 Å². The van der Waals surface area contributed by atoms with Crippen molar-refractivity contribution in [1.29, 1.82) is 0 Å². The molecule has 0 aliphatic carbocycles. The Morgan fingerprint density at radius 1 is 1.35 bits per heavy atom. The van der Waals surface area contributed by atoms with E-state index in [1.54, 1.807) is 19.3 Å². The molecule has 2 aromatic rings. The van der Waals surface area contributed by atoms with Crippen LogP contribution in [0.2, 0.25) is 0 Å². The number of nitrogens with zero attached hydrogens (tertiary/aromatic N) is 5. The smallest absolute Gasteiger partial charge is 0.219 e. The highest BCUT2D eigenvalue weighted by Gasteiger charge is 2.24. The van der Waals surface area contributed by atoms with Gasteiger partial charge in [-0.1, -0.05) is 13.8 Å². The van der Waals surface area contributed by atoms with Crippen LogP contribution >= 0.6 is 0 Å². The zero-order valence-electron chi connectivity index (χ0n) is 13.9. The van der Waals surface area contributed by atoms with Gasteiger partial charge in [0.05, 0.1) is 11.9 Å². The number of carbonyl (C=O) groups is 1. The summed E-state index contributed by atoms with van der Waals surface area (Å²) in [6.45, 7) is 7.43. The van der Waals surface area contributed by atoms with E-state index in [1.807, 2.05) is 21.9 Å². The molecule has 1 fully saturated rings. The maximum absolute atomic E-state index is 11.6. The molecule has 0 N–H and O–H groups in total. The predicted octanol–water partition coefficient (Wildman–Crippen LogP) is 2.51. The second-order valence-corrected chi connectivity index (χ2v) is 6.42. The van der Waals surface area contributed by atoms with Gasteiger partial charge in [-0.3, -0.25) is 14.3 Å². The van der Waals surface area contributed by atoms with Crippen molar-refractivity contribution >= 4 is 5.91 Å². The lowest BCUT2D eigenvalue weighted by Gasteiger charge is -2.31. The number of amides is 1. The number of imidazole rings is 1. The summed E-state index contributed by atoms with van der Waals surface area (Å²) in [5.41, 5.74) is 0.955. The van der Waals surface area contributed by atoms with E-state index in [0.29, 0.717) is 5.92 Å². The number of rotatable bonds is 3. The van der Waals surface area contributed by atoms with Crippen molar-refractivity contribution in [2.24, 2.45) is 0 Å². The molecule has 1 unspecified atom stereocenters. The summed E-state index contributed by atoms with van der Waals surface area (Å²) in [6.07, 6.45) is 9.36. The molecule has 0 spiro atoms. The third-order valence-corrected chi connectivity index (χ3v) is 4.36. The zero-order valence-corrected chi connectivity index (χ0v) is 13.9. The number of carbonyl (C=O) groups excluding carboxylic acids is 1. The molecule has 122 valence electrons. The highest BCUT2D eigenvalue weighted by molar-refractivity contribution is 5.73. The van der Waals surface area contributed by atoms with Gasteiger partial charge < -0.3 is 4.90 Å². The molecule has 1 amide bonds. The van der Waals surface area contributed by atoms with Crippen molar-refractivity contribution in [3.8, 4) is 5.82 Å². The molecule has 0 radical (unpaired) electrons. The Morgan fingerprint density at radius 3 is 2.91 bits per heavy atom. The lowest BCUT2D eigenvalue weighted by atomic mass is 9.95. The fourth-order valence-corrected chi connectivity index (χ4v) is 3.12. The summed E-state index contributed by atoms with van der Waals surface area (Å²) in [6, 6.07) is 0. The standard InChI is InChI=1S/C17H23N5O/c1-12(2)17-19-6-8-22(17)16-10-18-9-15(20-16)14-5-4-7-21(11-14)13(3)23/h6,8-10,12,14H,4-5,7,11H2,1-3H3. The molecular formula is C17H23N5O. The van der Waals surface area contributed by atoms with Crippen molar-refractivity contribution in [2.75, 3.05) is 13.1 Å². The van der Waals surface area contributed by atoms with Gasteiger partial charge in [0, 0.05) is 50.4 Å². The third kappa shape index (κ3) is 3.25. The van der Waals surface area contributed by atoms with Gasteiger partial charge in [-0.05, 0) is 12.8 Å². The number of piperidine rings is 1. The van der Waals surface area contributed by atoms with E-state index < -0.39 is 0 Å². The number of likely N-dealkylation sites (tertiary alicyclic amines) is 1. The van der Waals surface area contributed by atoms with Gasteiger partial charge in [-0.2, -0.15) is 0 Å². The quantitative estimate of drug-likeness (QED) is 0.873. The van der Waals surface area contributed by atoms with Crippen LogP contribution in [0.5, 0.6) is 0 Å². The fraction of sp³-hybridized carbons (Fsp3) is 0.529. The first-order valence-corrected chi connectivity index (χ1v) is 8.17. The van der Waals surface area contributed by atoms with Gasteiger partial charge in [-0.25, -0.2) is 9.97 Å². The second kappa shape index (κ2) is 6.48. The summed E-state index contributed by atoms with van der Waals surface area (Å²) < 4.78 is 1.99. The first-order chi connectivity index (χ1) is 11.1. The SMILES string of the molecule is CC(=O)N1CCCC(c2cncc(-n3ccnc3C(C)C)n2)C1. The molecule has 0 bridgehead atoms. The van der Waals surface area contributed by atoms with Crippen LogP contribution in [0.1, 0.15) is 57.0 Å². The van der Waals surface area contributed by atoms with Gasteiger partial charge in [-0.15, -0.1) is 0 Å². The Hall–Kier alpha value is -2.24. The van der Waals surface area contributed by atoms with Gasteiger partial charge in [0.15, 0.2) is 5.82 Å². The number of hydrogen-bond acceptors (Lipinski definition) is 4. The Bertz CT molecular complexity index is 694. The number of hydrogen-bond donors (Lipinski definition) is 0. The van der Waals surface area contributed by atoms with Crippen LogP contribution < -0.4 is 0 Å². The van der Waals surface area contributed by atoms with Gasteiger partial charge in [0.25, 0.3) is 0 Å². The van der Waals surface area contributed by atoms with Crippen LogP contribution in [0.4, 0.5) is 0 Å². The predicted molar refractivity (Wildman–Crippen MR) is 87.5 cm³/mol. The molecule has 3 heterocycles. The van der Waals surface area contributed by atoms with Gasteiger partial charge in [0.2, 0.25) is 5.91 Å². The molecular weight excluding hydrogens is 290 g/mol. The van der Waals surface area contributed by atoms with E-state index in [2.05, 4.69) is 23.8 Å². The Morgan fingerprint density at radius 2 is 2.17 bits per heavy atom. The van der Waals surface area contributed by atoms with Crippen LogP contribution in [0.15, 0.2) is 24.8 Å². The summed E-state index contributed by atoms with van der Waals surface area (Å²) in [4.78, 5) is 27.1. The Balaban J connectivity index is 1.88. The summed E-state index contributed by atoms with van der Waals surface area (Å²) in [7, 11) is 0. The minimum absolute atomic E-state index is 0.135. The lowest BCUT2D eigenvalue weighted by molar-refractivity contribution is -0.130. The van der Waals surface area contributed by atoms with Crippen molar-refractivity contribution in [2.45, 2.75) is 45.4 Å². The van der Waals surface area contributed by atoms with Crippen LogP contribution in [-0.2, 0) is 4.79 Å². The first-order valence-electron chi connectivity index (χ1n) is 8.17. The summed E-state index contributed by atoms with van der Waals surface area (Å²) in [5, 5.41) is 0. The van der Waals surface area contributed by atoms with Gasteiger partial charge >= 0.3 is 0 Å². The second-order valence-electron chi connectivity index (χ2n) is 6.42. The van der Waals surface area contributed by atoms with Crippen molar-refractivity contribution in [3.05, 3.63) is 36.3 Å². The van der Waals surface area contributed by atoms with Crippen LogP contribution in [0, 0.1) is 0 Å². The topological polar surface area (TPSA) is 63.9 Å². The molecule has 0 aromatic carbocycles. The largest absolute Gasteiger partial charge is 0.342 e. The summed E-state index contributed by atoms with van der Waals surface area (Å²) >= 11 is 0. The van der Waals surface area contributed by atoms with E-state index in [9.17, 15) is 4.79 Å². The van der Waals surface area contributed by atoms with E-state index >= 15 is 0 Å². The normalized spacial score (nSPS) is 18.4. The van der Waals surface area contributed by atoms with E-state index in [0.717, 1.165) is 43.3 Å².